The standard InChI is InChI=1S/C13H10BrF3N2O/c1-19-7-8(14)6-11(19)12(20)18-10-5-3-2-4-9(10)13(15,16)17/h2-7H,1H3,(H,18,20). The molecule has 7 heteroatoms. The lowest BCUT2D eigenvalue weighted by Crippen LogP contribution is -2.18. The summed E-state index contributed by atoms with van der Waals surface area (Å²) >= 11 is 3.20. The molecule has 0 saturated heterocycles. The number of benzene rings is 1. The first-order valence-corrected chi connectivity index (χ1v) is 6.38. The molecule has 1 aromatic carbocycles. The molecular formula is C13H10BrF3N2O. The Balaban J connectivity index is 2.31. The number of hydrogen-bond donors (Lipinski definition) is 1. The number of hydrogen-bond acceptors (Lipinski definition) is 1. The van der Waals surface area contributed by atoms with E-state index in [2.05, 4.69) is 21.2 Å². The normalized spacial score (nSPS) is 11.4. The first kappa shape index (κ1) is 14.6. The zero-order chi connectivity index (χ0) is 14.9. The summed E-state index contributed by atoms with van der Waals surface area (Å²) in [6.45, 7) is 0. The van der Waals surface area contributed by atoms with Crippen molar-refractivity contribution in [1.29, 1.82) is 0 Å². The summed E-state index contributed by atoms with van der Waals surface area (Å²) in [6.07, 6.45) is -2.87. The van der Waals surface area contributed by atoms with Crippen molar-refractivity contribution in [3.8, 4) is 0 Å². The maximum absolute atomic E-state index is 12.8. The minimum atomic E-state index is -4.52. The van der Waals surface area contributed by atoms with Gasteiger partial charge in [0.2, 0.25) is 0 Å². The van der Waals surface area contributed by atoms with Crippen LogP contribution in [-0.2, 0) is 13.2 Å². The van der Waals surface area contributed by atoms with Crippen molar-refractivity contribution in [1.82, 2.24) is 4.57 Å². The molecule has 0 spiro atoms. The number of anilines is 1. The van der Waals surface area contributed by atoms with Gasteiger partial charge in [-0.05, 0) is 34.1 Å². The highest BCUT2D eigenvalue weighted by Gasteiger charge is 2.33. The van der Waals surface area contributed by atoms with Gasteiger partial charge in [0.05, 0.1) is 11.3 Å². The Hall–Kier alpha value is -1.76. The zero-order valence-electron chi connectivity index (χ0n) is 10.3. The van der Waals surface area contributed by atoms with Crippen LogP contribution in [0.25, 0.3) is 0 Å². The number of alkyl halides is 3. The van der Waals surface area contributed by atoms with Gasteiger partial charge in [0.1, 0.15) is 5.69 Å². The zero-order valence-corrected chi connectivity index (χ0v) is 11.9. The van der Waals surface area contributed by atoms with Crippen molar-refractivity contribution >= 4 is 27.5 Å². The lowest BCUT2D eigenvalue weighted by atomic mass is 10.1. The molecule has 1 N–H and O–H groups in total. The smallest absolute Gasteiger partial charge is 0.345 e. The molecule has 1 heterocycles. The van der Waals surface area contributed by atoms with Gasteiger partial charge in [0.25, 0.3) is 5.91 Å². The van der Waals surface area contributed by atoms with Crippen molar-refractivity contribution < 1.29 is 18.0 Å². The van der Waals surface area contributed by atoms with Crippen molar-refractivity contribution in [2.24, 2.45) is 7.05 Å². The molecule has 0 aliphatic heterocycles. The molecule has 0 saturated carbocycles. The van der Waals surface area contributed by atoms with Crippen LogP contribution < -0.4 is 5.32 Å². The summed E-state index contributed by atoms with van der Waals surface area (Å²) < 4.78 is 40.7. The highest BCUT2D eigenvalue weighted by atomic mass is 79.9. The second-order valence-corrected chi connectivity index (χ2v) is 5.07. The van der Waals surface area contributed by atoms with Crippen molar-refractivity contribution in [2.75, 3.05) is 5.32 Å². The molecule has 0 aliphatic carbocycles. The number of amides is 1. The summed E-state index contributed by atoms with van der Waals surface area (Å²) in [5, 5.41) is 2.29. The Kier molecular flexibility index (Phi) is 3.89. The van der Waals surface area contributed by atoms with Gasteiger partial charge in [-0.2, -0.15) is 13.2 Å². The molecule has 0 radical (unpaired) electrons. The molecule has 20 heavy (non-hydrogen) atoms. The van der Waals surface area contributed by atoms with Crippen LogP contribution in [0.2, 0.25) is 0 Å². The van der Waals surface area contributed by atoms with Crippen LogP contribution in [0.3, 0.4) is 0 Å². The predicted molar refractivity (Wildman–Crippen MR) is 72.5 cm³/mol. The lowest BCUT2D eigenvalue weighted by Gasteiger charge is -2.13. The maximum Gasteiger partial charge on any atom is 0.418 e. The minimum Gasteiger partial charge on any atom is -0.345 e. The molecule has 0 aliphatic rings. The largest absolute Gasteiger partial charge is 0.418 e. The molecule has 2 rings (SSSR count). The molecule has 1 aromatic heterocycles. The number of carbonyl (C=O) groups is 1. The molecule has 0 unspecified atom stereocenters. The number of carbonyl (C=O) groups excluding carboxylic acids is 1. The Morgan fingerprint density at radius 2 is 1.95 bits per heavy atom. The van der Waals surface area contributed by atoms with Gasteiger partial charge in [-0.3, -0.25) is 4.79 Å². The fourth-order valence-corrected chi connectivity index (χ4v) is 2.30. The number of aryl methyl sites for hydroxylation is 1. The predicted octanol–water partition coefficient (Wildman–Crippen LogP) is 4.06. The minimum absolute atomic E-state index is 0.258. The van der Waals surface area contributed by atoms with E-state index in [1.807, 2.05) is 0 Å². The summed E-state index contributed by atoms with van der Waals surface area (Å²) in [4.78, 5) is 12.0. The number of nitrogens with zero attached hydrogens (tertiary/aromatic N) is 1. The number of halogens is 4. The molecule has 106 valence electrons. The van der Waals surface area contributed by atoms with Crippen LogP contribution in [0, 0.1) is 0 Å². The van der Waals surface area contributed by atoms with Crippen molar-refractivity contribution in [3.05, 3.63) is 52.3 Å². The monoisotopic (exact) mass is 346 g/mol. The van der Waals surface area contributed by atoms with E-state index in [4.69, 9.17) is 0 Å². The van der Waals surface area contributed by atoms with E-state index in [0.29, 0.717) is 4.47 Å². The van der Waals surface area contributed by atoms with Crippen molar-refractivity contribution in [2.45, 2.75) is 6.18 Å². The summed E-state index contributed by atoms with van der Waals surface area (Å²) in [5.74, 6) is -0.602. The van der Waals surface area contributed by atoms with E-state index < -0.39 is 17.6 Å². The summed E-state index contributed by atoms with van der Waals surface area (Å²) in [7, 11) is 1.63. The fourth-order valence-electron chi connectivity index (χ4n) is 1.78. The molecule has 0 fully saturated rings. The summed E-state index contributed by atoms with van der Waals surface area (Å²) in [6, 6.07) is 6.39. The highest BCUT2D eigenvalue weighted by Crippen LogP contribution is 2.34. The third-order valence-corrected chi connectivity index (χ3v) is 3.12. The topological polar surface area (TPSA) is 34.0 Å². The number of para-hydroxylation sites is 1. The quantitative estimate of drug-likeness (QED) is 0.874. The molecule has 2 aromatic rings. The fraction of sp³-hybridized carbons (Fsp3) is 0.154. The number of aromatic nitrogens is 1. The third-order valence-electron chi connectivity index (χ3n) is 2.68. The Bertz CT molecular complexity index is 649. The van der Waals surface area contributed by atoms with E-state index in [0.717, 1.165) is 6.07 Å². The average Bonchev–Trinajstić information content (AvgIpc) is 2.68. The Morgan fingerprint density at radius 3 is 2.50 bits per heavy atom. The number of rotatable bonds is 2. The lowest BCUT2D eigenvalue weighted by molar-refractivity contribution is -0.136. The van der Waals surface area contributed by atoms with Gasteiger partial charge >= 0.3 is 6.18 Å². The molecular weight excluding hydrogens is 337 g/mol. The third kappa shape index (κ3) is 3.04. The first-order valence-electron chi connectivity index (χ1n) is 5.58. The molecule has 3 nitrogen and oxygen atoms in total. The molecule has 0 atom stereocenters. The van der Waals surface area contributed by atoms with Crippen LogP contribution in [0.15, 0.2) is 41.0 Å². The van der Waals surface area contributed by atoms with E-state index in [9.17, 15) is 18.0 Å². The SMILES string of the molecule is Cn1cc(Br)cc1C(=O)Nc1ccccc1C(F)(F)F. The van der Waals surface area contributed by atoms with Gasteiger partial charge in [-0.15, -0.1) is 0 Å². The van der Waals surface area contributed by atoms with E-state index in [1.165, 1.54) is 28.8 Å². The van der Waals surface area contributed by atoms with Gasteiger partial charge in [0, 0.05) is 17.7 Å². The molecule has 0 bridgehead atoms. The van der Waals surface area contributed by atoms with Gasteiger partial charge in [-0.25, -0.2) is 0 Å². The van der Waals surface area contributed by atoms with E-state index in [-0.39, 0.29) is 11.4 Å². The highest BCUT2D eigenvalue weighted by molar-refractivity contribution is 9.10. The number of nitrogens with one attached hydrogen (secondary N) is 1. The first-order chi connectivity index (χ1) is 9.29. The van der Waals surface area contributed by atoms with Crippen LogP contribution in [0.4, 0.5) is 18.9 Å². The van der Waals surface area contributed by atoms with Crippen molar-refractivity contribution in [3.63, 3.8) is 0 Å². The van der Waals surface area contributed by atoms with Gasteiger partial charge in [0.15, 0.2) is 0 Å². The second-order valence-electron chi connectivity index (χ2n) is 4.15. The average molecular weight is 347 g/mol. The second kappa shape index (κ2) is 5.32. The summed E-state index contributed by atoms with van der Waals surface area (Å²) in [5.41, 5.74) is -0.877. The van der Waals surface area contributed by atoms with E-state index in [1.54, 1.807) is 13.2 Å². The Morgan fingerprint density at radius 1 is 1.30 bits per heavy atom. The van der Waals surface area contributed by atoms with Crippen LogP contribution in [0.1, 0.15) is 16.1 Å². The van der Waals surface area contributed by atoms with Crippen LogP contribution in [-0.4, -0.2) is 10.5 Å². The van der Waals surface area contributed by atoms with E-state index >= 15 is 0 Å². The van der Waals surface area contributed by atoms with Crippen LogP contribution >= 0.6 is 15.9 Å². The Labute approximate surface area is 121 Å². The molecule has 1 amide bonds. The maximum atomic E-state index is 12.8. The van der Waals surface area contributed by atoms with Gasteiger partial charge < -0.3 is 9.88 Å². The van der Waals surface area contributed by atoms with Gasteiger partial charge in [-0.1, -0.05) is 12.1 Å². The van der Waals surface area contributed by atoms with Crippen LogP contribution in [0.5, 0.6) is 0 Å².